The van der Waals surface area contributed by atoms with Gasteiger partial charge in [0.25, 0.3) is 38.3 Å². The fraction of sp³-hybridized carbons (Fsp3) is 0.545. The number of hydrogen-bond donors (Lipinski definition) is 3. The molecule has 6 aromatic heterocycles. The maximum absolute atomic E-state index is 13.5. The Kier molecular flexibility index (Phi) is 31.3. The number of aryl methyl sites for hydroxylation is 4. The molecule has 8 heterocycles. The number of amides is 2. The Morgan fingerprint density at radius 1 is 0.702 bits per heavy atom. The van der Waals surface area contributed by atoms with Crippen molar-refractivity contribution in [2.24, 2.45) is 36.8 Å². The van der Waals surface area contributed by atoms with Gasteiger partial charge >= 0.3 is 115 Å². The first-order valence-electron chi connectivity index (χ1n) is 27.8. The van der Waals surface area contributed by atoms with Crippen LogP contribution in [0.3, 0.4) is 0 Å². The molecule has 39 heteroatoms. The summed E-state index contributed by atoms with van der Waals surface area (Å²) in [6.45, 7) is 19.7. The van der Waals surface area contributed by atoms with Crippen molar-refractivity contribution in [2.45, 2.75) is 141 Å². The van der Waals surface area contributed by atoms with Gasteiger partial charge < -0.3 is 31.3 Å². The number of rotatable bonds is 16. The van der Waals surface area contributed by atoms with Gasteiger partial charge in [-0.15, -0.1) is 22.6 Å². The van der Waals surface area contributed by atoms with E-state index in [1.54, 1.807) is 34.9 Å². The first kappa shape index (κ1) is 87.0. The van der Waals surface area contributed by atoms with Gasteiger partial charge in [-0.25, -0.2) is 45.6 Å². The van der Waals surface area contributed by atoms with Crippen LogP contribution >= 0.6 is 51.0 Å². The van der Waals surface area contributed by atoms with Crippen LogP contribution in [0.25, 0.3) is 11.6 Å². The van der Waals surface area contributed by atoms with Crippen LogP contribution in [-0.4, -0.2) is 134 Å². The van der Waals surface area contributed by atoms with Crippen LogP contribution in [-0.2, 0) is 43.8 Å². The molecule has 4 fully saturated rings. The van der Waals surface area contributed by atoms with E-state index in [-0.39, 0.29) is 248 Å². The van der Waals surface area contributed by atoms with Crippen molar-refractivity contribution in [1.82, 2.24) is 63.9 Å². The van der Waals surface area contributed by atoms with Gasteiger partial charge in [-0.05, 0) is 137 Å². The van der Waals surface area contributed by atoms with Crippen LogP contribution in [0.15, 0.2) is 58.6 Å². The first-order valence-corrected chi connectivity index (χ1v) is 31.1. The van der Waals surface area contributed by atoms with Gasteiger partial charge in [0.2, 0.25) is 11.8 Å². The van der Waals surface area contributed by atoms with Crippen LogP contribution in [0.1, 0.15) is 125 Å². The number of nitrogens with one attached hydrogen (secondary N) is 3. The fourth-order valence-corrected chi connectivity index (χ4v) is 13.7. The monoisotopic (exact) mass is 1500 g/mol. The second-order valence-electron chi connectivity index (χ2n) is 24.0. The van der Waals surface area contributed by atoms with E-state index in [2.05, 4.69) is 68.0 Å². The minimum absolute atomic E-state index is 0. The molecule has 3 N–H and O–H groups in total. The number of pyridine rings is 2. The van der Waals surface area contributed by atoms with Crippen LogP contribution in [0.5, 0.6) is 11.8 Å². The maximum atomic E-state index is 13.5. The summed E-state index contributed by atoms with van der Waals surface area (Å²) in [6, 6.07) is 8.38. The van der Waals surface area contributed by atoms with Gasteiger partial charge in [0.15, 0.2) is 11.6 Å². The molecule has 514 valence electrons. The molecule has 2 atom stereocenters. The maximum Gasteiger partial charge on any atom is 1.00 e. The van der Waals surface area contributed by atoms with Gasteiger partial charge in [0.05, 0.1) is 33.9 Å². The van der Waals surface area contributed by atoms with Crippen molar-refractivity contribution in [3.8, 4) is 23.4 Å². The number of ether oxygens (including phenoxy) is 2. The number of halogens is 8. The SMILES string of the molecule is C[C@@H]1CNC(C)(C)C1.Cc1nn(C)c(C)c1S(=O)(=O)NC(=O)c1ccc(-n2ccc(OCC3(C(F)(F)F)CC3)n2)nc1Cl.Cc1nn(C)c(C)c1S(=O)(=O)NC(=O)c1ccc(-n2ccc(OCC3(C(F)(F)F)CC3)n2)nc1N1C[C@@H](C)CC1(C)C.Cl.O=CO[O-].S.S.[H-].[K+].[K+]. The van der Waals surface area contributed by atoms with Crippen molar-refractivity contribution in [3.63, 3.8) is 0 Å². The molecule has 6 aromatic rings. The van der Waals surface area contributed by atoms with Crippen LogP contribution in [0.2, 0.25) is 5.15 Å². The standard InChI is InChI=1S/C27H34F3N7O4S.C20H20ClF3N6O4S.C7H15N.CH2O3.ClH.2K.2H2S.H/c1-16-13-25(4,5)36(14-16)23-19(24(38)34-42(39,40)22-17(2)32-35(6)18(22)3)7-8-20(31-23)37-12-9-21(33-37)41-15-26(10-11-26)27(28,29)30;1-11-16(12(2)29(3)26-11)35(32,33)28-18(31)13-4-5-14(25-17(13)21)30-9-6-15(27-30)34-10-19(7-8-19)20(22,23)24;1-6-4-7(2,3)8-5-6;2-1-4-3;;;;;;/h7-9,12,16H,10-11,13-15H2,1-6H3,(H,34,38);4-6,9H,7-8,10H2,1-3H3,(H,28,31);6,8H,4-5H2,1-3H3;1,3H;1H;;;2*1H2;/q;;;;;2*+1;;;-1/p-1/t16-;;6-;;;;;;;/m0.0......./s1. The Balaban J connectivity index is 0.000000772. The summed E-state index contributed by atoms with van der Waals surface area (Å²) in [6.07, 6.45) is -3.59. The molecule has 94 heavy (non-hydrogen) atoms. The zero-order chi connectivity index (χ0) is 66.2. The van der Waals surface area contributed by atoms with Crippen molar-refractivity contribution in [3.05, 3.63) is 87.8 Å². The second kappa shape index (κ2) is 33.8. The van der Waals surface area contributed by atoms with E-state index in [9.17, 15) is 52.8 Å². The average molecular weight is 1500 g/mol. The Morgan fingerprint density at radius 3 is 1.41 bits per heavy atom. The Hall–Kier alpha value is -3.10. The summed E-state index contributed by atoms with van der Waals surface area (Å²) in [5.74, 6) is -0.0279. The third kappa shape index (κ3) is 20.8. The molecule has 2 aliphatic carbocycles. The van der Waals surface area contributed by atoms with Crippen molar-refractivity contribution in [2.75, 3.05) is 31.2 Å². The number of alkyl halides is 6. The molecular formula is C55H76Cl2F6K2N14O11S4. The molecule has 0 bridgehead atoms. The molecule has 2 saturated heterocycles. The molecule has 4 aliphatic rings. The average Bonchev–Trinajstić information content (AvgIpc) is 1.65. The predicted octanol–water partition coefficient (Wildman–Crippen LogP) is 1.79. The minimum atomic E-state index is -4.34. The zero-order valence-electron chi connectivity index (χ0n) is 55.2. The van der Waals surface area contributed by atoms with E-state index in [4.69, 9.17) is 36.1 Å². The van der Waals surface area contributed by atoms with Gasteiger partial charge in [0.1, 0.15) is 44.8 Å². The molecule has 25 nitrogen and oxygen atoms in total. The summed E-state index contributed by atoms with van der Waals surface area (Å²) in [5, 5.41) is 28.0. The molecular weight excluding hydrogens is 1420 g/mol. The Morgan fingerprint density at radius 2 is 1.11 bits per heavy atom. The van der Waals surface area contributed by atoms with Crippen LogP contribution in [0.4, 0.5) is 32.2 Å². The van der Waals surface area contributed by atoms with E-state index in [1.807, 2.05) is 23.5 Å². The largest absolute Gasteiger partial charge is 1.00 e. The number of anilines is 1. The summed E-state index contributed by atoms with van der Waals surface area (Å²) in [4.78, 5) is 47.9. The summed E-state index contributed by atoms with van der Waals surface area (Å²) in [5.41, 5.74) is -2.58. The molecule has 0 unspecified atom stereocenters. The summed E-state index contributed by atoms with van der Waals surface area (Å²) < 4.78 is 151. The van der Waals surface area contributed by atoms with Crippen molar-refractivity contribution in [1.29, 1.82) is 0 Å². The minimum Gasteiger partial charge on any atom is -1.00 e. The van der Waals surface area contributed by atoms with Gasteiger partial charge in [-0.3, -0.25) is 23.7 Å². The fourth-order valence-electron chi connectivity index (χ4n) is 10.6. The molecule has 0 spiro atoms. The topological polar surface area (TPSA) is 307 Å². The summed E-state index contributed by atoms with van der Waals surface area (Å²) >= 11 is 6.12. The number of aromatic nitrogens is 10. The van der Waals surface area contributed by atoms with E-state index in [0.29, 0.717) is 23.5 Å². The number of carbonyl (C=O) groups is 3. The molecule has 2 saturated carbocycles. The third-order valence-corrected chi connectivity index (χ3v) is 19.2. The molecule has 10 rings (SSSR count). The van der Waals surface area contributed by atoms with Gasteiger partial charge in [-0.2, -0.15) is 63.5 Å². The Labute approximate surface area is 652 Å². The summed E-state index contributed by atoms with van der Waals surface area (Å²) in [7, 11) is -5.29. The molecule has 2 aliphatic heterocycles. The van der Waals surface area contributed by atoms with Crippen molar-refractivity contribution >= 4 is 95.2 Å². The van der Waals surface area contributed by atoms with E-state index >= 15 is 0 Å². The third-order valence-electron chi connectivity index (χ3n) is 15.7. The van der Waals surface area contributed by atoms with E-state index < -0.39 is 73.8 Å². The normalized spacial score (nSPS) is 17.7. The predicted molar refractivity (Wildman–Crippen MR) is 336 cm³/mol. The molecule has 0 radical (unpaired) electrons. The quantitative estimate of drug-likeness (QED) is 0.0311. The van der Waals surface area contributed by atoms with E-state index in [1.165, 1.54) is 87.4 Å². The van der Waals surface area contributed by atoms with Gasteiger partial charge in [0, 0.05) is 56.2 Å². The smallest absolute Gasteiger partial charge is 1.00 e. The first-order chi connectivity index (χ1) is 41.2. The molecule has 0 aromatic carbocycles. The number of nitrogens with zero attached hydrogens (tertiary/aromatic N) is 11. The van der Waals surface area contributed by atoms with Gasteiger partial charge in [-0.1, -0.05) is 25.4 Å². The number of sulfonamides is 2. The zero-order valence-corrected chi connectivity index (χ0v) is 65.7. The number of carbonyl (C=O) groups excluding carboxylic acids is 3. The molecule has 2 amide bonds. The number of hydrogen-bond acceptors (Lipinski definition) is 19. The van der Waals surface area contributed by atoms with Crippen LogP contribution in [0, 0.1) is 50.4 Å². The van der Waals surface area contributed by atoms with Crippen molar-refractivity contribution < 1.29 is 181 Å². The van der Waals surface area contributed by atoms with Crippen LogP contribution < -0.4 is 137 Å². The van der Waals surface area contributed by atoms with E-state index in [0.717, 1.165) is 12.3 Å². The second-order valence-corrected chi connectivity index (χ2v) is 27.6. The Bertz CT molecular complexity index is 3860.